The molecule has 7 heteroatoms. The Kier molecular flexibility index (Phi) is 7.73. The average Bonchev–Trinajstić information content (AvgIpc) is 3.16. The summed E-state index contributed by atoms with van der Waals surface area (Å²) in [6.07, 6.45) is 2.12. The van der Waals surface area contributed by atoms with Gasteiger partial charge < -0.3 is 20.5 Å². The van der Waals surface area contributed by atoms with Gasteiger partial charge in [0.2, 0.25) is 5.91 Å². The molecule has 0 aliphatic heterocycles. The van der Waals surface area contributed by atoms with E-state index in [9.17, 15) is 19.5 Å². The molecule has 186 valence electrons. The predicted molar refractivity (Wildman–Crippen MR) is 133 cm³/mol. The fourth-order valence-corrected chi connectivity index (χ4v) is 5.33. The largest absolute Gasteiger partial charge is 0.481 e. The Bertz CT molecular complexity index is 1040. The quantitative estimate of drug-likeness (QED) is 0.516. The highest BCUT2D eigenvalue weighted by Crippen LogP contribution is 2.44. The third-order valence-corrected chi connectivity index (χ3v) is 7.32. The minimum Gasteiger partial charge on any atom is -0.481 e. The van der Waals surface area contributed by atoms with Crippen LogP contribution in [0.3, 0.4) is 0 Å². The number of carboxylic acids is 1. The van der Waals surface area contributed by atoms with Gasteiger partial charge in [-0.2, -0.15) is 0 Å². The number of amides is 2. The molecule has 0 saturated heterocycles. The average molecular weight is 479 g/mol. The Morgan fingerprint density at radius 3 is 2.23 bits per heavy atom. The van der Waals surface area contributed by atoms with Crippen molar-refractivity contribution in [3.63, 3.8) is 0 Å². The summed E-state index contributed by atoms with van der Waals surface area (Å²) in [6.45, 7) is 4.25. The summed E-state index contributed by atoms with van der Waals surface area (Å²) >= 11 is 0. The molecule has 3 atom stereocenters. The minimum atomic E-state index is -0.804. The van der Waals surface area contributed by atoms with Gasteiger partial charge in [-0.15, -0.1) is 0 Å². The summed E-state index contributed by atoms with van der Waals surface area (Å²) in [5.41, 5.74) is 4.63. The highest BCUT2D eigenvalue weighted by atomic mass is 16.5. The number of rotatable bonds is 8. The van der Waals surface area contributed by atoms with E-state index in [1.807, 2.05) is 38.1 Å². The molecule has 3 N–H and O–H groups in total. The smallest absolute Gasteiger partial charge is 0.407 e. The summed E-state index contributed by atoms with van der Waals surface area (Å²) < 4.78 is 5.59. The third-order valence-electron chi connectivity index (χ3n) is 7.32. The van der Waals surface area contributed by atoms with E-state index in [1.54, 1.807) is 0 Å². The normalized spacial score (nSPS) is 20.0. The summed E-state index contributed by atoms with van der Waals surface area (Å²) in [5, 5.41) is 15.1. The molecular weight excluding hydrogens is 444 g/mol. The van der Waals surface area contributed by atoms with E-state index >= 15 is 0 Å². The lowest BCUT2D eigenvalue weighted by molar-refractivity contribution is -0.143. The first kappa shape index (κ1) is 24.8. The molecule has 4 rings (SSSR count). The van der Waals surface area contributed by atoms with Crippen LogP contribution < -0.4 is 10.6 Å². The van der Waals surface area contributed by atoms with Crippen molar-refractivity contribution in [2.45, 2.75) is 51.5 Å². The van der Waals surface area contributed by atoms with E-state index in [2.05, 4.69) is 34.9 Å². The van der Waals surface area contributed by atoms with Gasteiger partial charge in [0, 0.05) is 18.5 Å². The zero-order valence-electron chi connectivity index (χ0n) is 20.3. The van der Waals surface area contributed by atoms with Crippen molar-refractivity contribution in [2.24, 2.45) is 17.8 Å². The number of hydrogen-bond acceptors (Lipinski definition) is 4. The van der Waals surface area contributed by atoms with Gasteiger partial charge in [-0.25, -0.2) is 4.79 Å². The maximum absolute atomic E-state index is 12.9. The number of alkyl carbamates (subject to hydrolysis) is 1. The lowest BCUT2D eigenvalue weighted by atomic mass is 9.85. The Labute approximate surface area is 206 Å². The number of fused-ring (bicyclic) bond motifs is 3. The molecule has 1 fully saturated rings. The van der Waals surface area contributed by atoms with E-state index < -0.39 is 23.9 Å². The van der Waals surface area contributed by atoms with Crippen LogP contribution in [0.5, 0.6) is 0 Å². The van der Waals surface area contributed by atoms with Crippen molar-refractivity contribution in [1.29, 1.82) is 0 Å². The van der Waals surface area contributed by atoms with Crippen LogP contribution >= 0.6 is 0 Å². The zero-order chi connectivity index (χ0) is 24.9. The Balaban J connectivity index is 1.31. The highest BCUT2D eigenvalue weighted by Gasteiger charge is 2.32. The second-order valence-electron chi connectivity index (χ2n) is 9.96. The molecule has 2 aliphatic rings. The van der Waals surface area contributed by atoms with E-state index in [-0.39, 0.29) is 36.9 Å². The molecule has 0 aromatic heterocycles. The van der Waals surface area contributed by atoms with Crippen LogP contribution in [0.2, 0.25) is 0 Å². The monoisotopic (exact) mass is 478 g/mol. The van der Waals surface area contributed by atoms with E-state index in [0.717, 1.165) is 24.0 Å². The number of ether oxygens (including phenoxy) is 1. The Morgan fingerprint density at radius 1 is 1.00 bits per heavy atom. The van der Waals surface area contributed by atoms with Crippen molar-refractivity contribution >= 4 is 18.0 Å². The Hall–Kier alpha value is -3.35. The van der Waals surface area contributed by atoms with Gasteiger partial charge in [0.1, 0.15) is 6.61 Å². The van der Waals surface area contributed by atoms with E-state index in [0.29, 0.717) is 12.8 Å². The lowest BCUT2D eigenvalue weighted by Gasteiger charge is -2.30. The van der Waals surface area contributed by atoms with Gasteiger partial charge in [0.25, 0.3) is 0 Å². The van der Waals surface area contributed by atoms with Crippen LogP contribution in [0, 0.1) is 17.8 Å². The molecule has 35 heavy (non-hydrogen) atoms. The van der Waals surface area contributed by atoms with Gasteiger partial charge in [-0.05, 0) is 47.4 Å². The molecule has 2 aliphatic carbocycles. The third kappa shape index (κ3) is 5.66. The van der Waals surface area contributed by atoms with Crippen molar-refractivity contribution in [1.82, 2.24) is 10.6 Å². The highest BCUT2D eigenvalue weighted by molar-refractivity contribution is 5.81. The molecule has 1 saturated carbocycles. The molecule has 7 nitrogen and oxygen atoms in total. The molecular formula is C28H34N2O5. The van der Waals surface area contributed by atoms with Crippen molar-refractivity contribution in [2.75, 3.05) is 13.2 Å². The van der Waals surface area contributed by atoms with Gasteiger partial charge in [-0.1, -0.05) is 68.8 Å². The summed E-state index contributed by atoms with van der Waals surface area (Å²) in [4.78, 5) is 36.8. The van der Waals surface area contributed by atoms with Crippen LogP contribution in [0.4, 0.5) is 4.79 Å². The summed E-state index contributed by atoms with van der Waals surface area (Å²) in [5.74, 6) is -1.82. The second kappa shape index (κ2) is 10.9. The number of aliphatic carboxylic acids is 1. The lowest BCUT2D eigenvalue weighted by Crippen LogP contribution is -2.47. The van der Waals surface area contributed by atoms with Gasteiger partial charge >= 0.3 is 12.1 Å². The summed E-state index contributed by atoms with van der Waals surface area (Å²) in [6, 6.07) is 16.2. The van der Waals surface area contributed by atoms with Crippen molar-refractivity contribution in [3.05, 3.63) is 59.7 Å². The summed E-state index contributed by atoms with van der Waals surface area (Å²) in [7, 11) is 0. The molecule has 0 bridgehead atoms. The topological polar surface area (TPSA) is 105 Å². The zero-order valence-corrected chi connectivity index (χ0v) is 20.3. The van der Waals surface area contributed by atoms with Gasteiger partial charge in [0.05, 0.1) is 11.8 Å². The SMILES string of the molecule is CC(C)C(CNC(=O)OCC1c2ccccc2-c2ccccc21)C(=O)N[C@@H]1CCC[C@@H](C(=O)O)C1. The van der Waals surface area contributed by atoms with Crippen LogP contribution in [0.25, 0.3) is 11.1 Å². The molecule has 0 spiro atoms. The molecule has 2 aromatic rings. The number of carbonyl (C=O) groups excluding carboxylic acids is 2. The molecule has 0 heterocycles. The fourth-order valence-electron chi connectivity index (χ4n) is 5.33. The Morgan fingerprint density at radius 2 is 1.63 bits per heavy atom. The fraction of sp³-hybridized carbons (Fsp3) is 0.464. The first-order valence-corrected chi connectivity index (χ1v) is 12.5. The first-order valence-electron chi connectivity index (χ1n) is 12.5. The predicted octanol–water partition coefficient (Wildman–Crippen LogP) is 4.56. The minimum absolute atomic E-state index is 0.00254. The molecule has 2 aromatic carbocycles. The number of benzene rings is 2. The standard InChI is InChI=1S/C28H34N2O5/c1-17(2)24(26(31)30-19-9-7-8-18(14-19)27(32)33)15-29-28(34)35-16-25-22-12-5-3-10-20(22)21-11-4-6-13-23(21)25/h3-6,10-13,17-19,24-25H,7-9,14-16H2,1-2H3,(H,29,34)(H,30,31)(H,32,33)/t18-,19-,24?/m1/s1. The molecule has 0 radical (unpaired) electrons. The maximum atomic E-state index is 12.9. The molecule has 2 amide bonds. The van der Waals surface area contributed by atoms with Crippen LogP contribution in [-0.4, -0.2) is 42.3 Å². The first-order chi connectivity index (χ1) is 16.8. The maximum Gasteiger partial charge on any atom is 0.407 e. The van der Waals surface area contributed by atoms with Gasteiger partial charge in [-0.3, -0.25) is 9.59 Å². The van der Waals surface area contributed by atoms with Crippen LogP contribution in [0.1, 0.15) is 56.6 Å². The van der Waals surface area contributed by atoms with E-state index in [4.69, 9.17) is 4.74 Å². The van der Waals surface area contributed by atoms with Crippen molar-refractivity contribution in [3.8, 4) is 11.1 Å². The van der Waals surface area contributed by atoms with Crippen molar-refractivity contribution < 1.29 is 24.2 Å². The van der Waals surface area contributed by atoms with E-state index in [1.165, 1.54) is 11.1 Å². The van der Waals surface area contributed by atoms with Gasteiger partial charge in [0.15, 0.2) is 0 Å². The number of carboxylic acid groups (broad SMARTS) is 1. The second-order valence-corrected chi connectivity index (χ2v) is 9.96. The number of nitrogens with one attached hydrogen (secondary N) is 2. The van der Waals surface area contributed by atoms with Crippen LogP contribution in [0.15, 0.2) is 48.5 Å². The molecule has 1 unspecified atom stereocenters. The van der Waals surface area contributed by atoms with Crippen LogP contribution in [-0.2, 0) is 14.3 Å². The number of carbonyl (C=O) groups is 3. The number of hydrogen-bond donors (Lipinski definition) is 3.